The number of carbonyl (C=O) groups is 1. The number of hydrogen-bond acceptors (Lipinski definition) is 3. The van der Waals surface area contributed by atoms with Crippen LogP contribution in [-0.4, -0.2) is 12.5 Å². The lowest BCUT2D eigenvalue weighted by Crippen LogP contribution is -2.27. The van der Waals surface area contributed by atoms with Gasteiger partial charge < -0.3 is 10.6 Å². The molecule has 0 aliphatic heterocycles. The van der Waals surface area contributed by atoms with Crippen LogP contribution >= 0.6 is 27.3 Å². The Balaban J connectivity index is 1.74. The molecule has 1 amide bonds. The van der Waals surface area contributed by atoms with E-state index >= 15 is 0 Å². The van der Waals surface area contributed by atoms with E-state index in [1.807, 2.05) is 11.4 Å². The second-order valence-electron chi connectivity index (χ2n) is 3.89. The minimum Gasteiger partial charge on any atom is -0.325 e. The molecule has 2 N–H and O–H groups in total. The first-order chi connectivity index (χ1) is 9.13. The van der Waals surface area contributed by atoms with E-state index in [-0.39, 0.29) is 18.3 Å². The fourth-order valence-corrected chi connectivity index (χ4v) is 2.90. The second kappa shape index (κ2) is 6.79. The van der Waals surface area contributed by atoms with Crippen molar-refractivity contribution in [3.05, 3.63) is 50.9 Å². The van der Waals surface area contributed by atoms with Gasteiger partial charge in [-0.25, -0.2) is 4.39 Å². The van der Waals surface area contributed by atoms with Crippen LogP contribution in [-0.2, 0) is 11.3 Å². The van der Waals surface area contributed by atoms with Gasteiger partial charge in [0.1, 0.15) is 5.82 Å². The fourth-order valence-electron chi connectivity index (χ4n) is 1.48. The van der Waals surface area contributed by atoms with Gasteiger partial charge in [0.05, 0.1) is 6.54 Å². The molecular weight excluding hydrogens is 331 g/mol. The van der Waals surface area contributed by atoms with Crippen molar-refractivity contribution in [2.75, 3.05) is 11.9 Å². The Kier molecular flexibility index (Phi) is 5.07. The van der Waals surface area contributed by atoms with Crippen LogP contribution < -0.4 is 10.6 Å². The van der Waals surface area contributed by atoms with E-state index in [1.165, 1.54) is 24.3 Å². The maximum absolute atomic E-state index is 12.7. The van der Waals surface area contributed by atoms with Crippen molar-refractivity contribution < 1.29 is 9.18 Å². The summed E-state index contributed by atoms with van der Waals surface area (Å²) >= 11 is 5.00. The Hall–Kier alpha value is -1.24. The van der Waals surface area contributed by atoms with Crippen LogP contribution in [0.1, 0.15) is 4.88 Å². The van der Waals surface area contributed by atoms with Crippen LogP contribution in [0, 0.1) is 5.82 Å². The Labute approximate surface area is 123 Å². The zero-order valence-corrected chi connectivity index (χ0v) is 12.4. The van der Waals surface area contributed by atoms with Gasteiger partial charge in [-0.15, -0.1) is 11.3 Å². The lowest BCUT2D eigenvalue weighted by atomic mass is 10.3. The molecule has 0 aliphatic carbocycles. The quantitative estimate of drug-likeness (QED) is 0.874. The van der Waals surface area contributed by atoms with E-state index in [2.05, 4.69) is 26.6 Å². The third-order valence-electron chi connectivity index (χ3n) is 2.33. The van der Waals surface area contributed by atoms with Gasteiger partial charge in [-0.2, -0.15) is 0 Å². The molecule has 0 atom stereocenters. The largest absolute Gasteiger partial charge is 0.325 e. The van der Waals surface area contributed by atoms with Crippen LogP contribution in [0.4, 0.5) is 10.1 Å². The van der Waals surface area contributed by atoms with Gasteiger partial charge >= 0.3 is 0 Å². The summed E-state index contributed by atoms with van der Waals surface area (Å²) in [6.07, 6.45) is 0. The zero-order chi connectivity index (χ0) is 13.7. The van der Waals surface area contributed by atoms with Gasteiger partial charge in [0.2, 0.25) is 5.91 Å². The molecule has 19 heavy (non-hydrogen) atoms. The number of halogens is 2. The molecule has 0 fully saturated rings. The van der Waals surface area contributed by atoms with Crippen molar-refractivity contribution in [2.45, 2.75) is 6.54 Å². The van der Waals surface area contributed by atoms with Gasteiger partial charge in [-0.05, 0) is 46.3 Å². The molecule has 0 bridgehead atoms. The predicted octanol–water partition coefficient (Wildman–Crippen LogP) is 3.38. The van der Waals surface area contributed by atoms with Gasteiger partial charge in [-0.1, -0.05) is 0 Å². The van der Waals surface area contributed by atoms with E-state index in [4.69, 9.17) is 0 Å². The summed E-state index contributed by atoms with van der Waals surface area (Å²) in [5.41, 5.74) is 0.590. The van der Waals surface area contributed by atoms with E-state index in [9.17, 15) is 9.18 Å². The molecule has 0 spiro atoms. The van der Waals surface area contributed by atoms with Gasteiger partial charge in [0, 0.05) is 27.0 Å². The predicted molar refractivity (Wildman–Crippen MR) is 78.8 cm³/mol. The maximum atomic E-state index is 12.7. The molecule has 0 aliphatic rings. The average molecular weight is 343 g/mol. The molecule has 3 nitrogen and oxygen atoms in total. The highest BCUT2D eigenvalue weighted by molar-refractivity contribution is 9.10. The summed E-state index contributed by atoms with van der Waals surface area (Å²) in [4.78, 5) is 12.8. The van der Waals surface area contributed by atoms with Crippen LogP contribution in [0.25, 0.3) is 0 Å². The molecule has 0 radical (unpaired) electrons. The van der Waals surface area contributed by atoms with Crippen LogP contribution in [0.2, 0.25) is 0 Å². The Morgan fingerprint density at radius 3 is 2.68 bits per heavy atom. The minimum atomic E-state index is -0.320. The Morgan fingerprint density at radius 2 is 2.05 bits per heavy atom. The molecule has 6 heteroatoms. The van der Waals surface area contributed by atoms with Gasteiger partial charge in [-0.3, -0.25) is 4.79 Å². The molecule has 1 aromatic heterocycles. The van der Waals surface area contributed by atoms with Crippen LogP contribution in [0.5, 0.6) is 0 Å². The Morgan fingerprint density at radius 1 is 1.32 bits per heavy atom. The second-order valence-corrected chi connectivity index (χ2v) is 5.80. The molecular formula is C13H12BrFN2OS. The van der Waals surface area contributed by atoms with Crippen LogP contribution in [0.15, 0.2) is 40.2 Å². The summed E-state index contributed by atoms with van der Waals surface area (Å²) in [5, 5.41) is 7.73. The first-order valence-electron chi connectivity index (χ1n) is 5.62. The third kappa shape index (κ3) is 4.74. The highest BCUT2D eigenvalue weighted by Crippen LogP contribution is 2.19. The third-order valence-corrected chi connectivity index (χ3v) is 4.03. The first-order valence-corrected chi connectivity index (χ1v) is 7.30. The number of benzene rings is 1. The first kappa shape index (κ1) is 14.2. The highest BCUT2D eigenvalue weighted by atomic mass is 79.9. The van der Waals surface area contributed by atoms with Crippen molar-refractivity contribution in [1.82, 2.24) is 5.32 Å². The standard InChI is InChI=1S/C13H12BrFN2OS/c14-9-5-12(19-8-9)6-16-7-13(18)17-11-3-1-10(15)2-4-11/h1-5,8,16H,6-7H2,(H,17,18). The number of carbonyl (C=O) groups excluding carboxylic acids is 1. The molecule has 2 aromatic rings. The molecule has 2 rings (SSSR count). The summed E-state index contributed by atoms with van der Waals surface area (Å²) < 4.78 is 13.7. The van der Waals surface area contributed by atoms with Crippen LogP contribution in [0.3, 0.4) is 0 Å². The average Bonchev–Trinajstić information content (AvgIpc) is 2.78. The molecule has 100 valence electrons. The van der Waals surface area contributed by atoms with Crippen molar-refractivity contribution in [3.8, 4) is 0 Å². The normalized spacial score (nSPS) is 10.4. The number of thiophene rings is 1. The minimum absolute atomic E-state index is 0.151. The molecule has 1 heterocycles. The number of amides is 1. The molecule has 1 aromatic carbocycles. The van der Waals surface area contributed by atoms with E-state index < -0.39 is 0 Å². The summed E-state index contributed by atoms with van der Waals surface area (Å²) in [5.74, 6) is -0.471. The van der Waals surface area contributed by atoms with E-state index in [1.54, 1.807) is 11.3 Å². The number of anilines is 1. The number of rotatable bonds is 5. The van der Waals surface area contributed by atoms with Crippen molar-refractivity contribution >= 4 is 38.9 Å². The monoisotopic (exact) mass is 342 g/mol. The summed E-state index contributed by atoms with van der Waals surface area (Å²) in [7, 11) is 0. The fraction of sp³-hybridized carbons (Fsp3) is 0.154. The summed E-state index contributed by atoms with van der Waals surface area (Å²) in [6, 6.07) is 7.70. The number of hydrogen-bond donors (Lipinski definition) is 2. The zero-order valence-electron chi connectivity index (χ0n) is 9.95. The molecule has 0 unspecified atom stereocenters. The summed E-state index contributed by atoms with van der Waals surface area (Å²) in [6.45, 7) is 0.861. The highest BCUT2D eigenvalue weighted by Gasteiger charge is 2.03. The maximum Gasteiger partial charge on any atom is 0.238 e. The smallest absolute Gasteiger partial charge is 0.238 e. The van der Waals surface area contributed by atoms with Crippen molar-refractivity contribution in [1.29, 1.82) is 0 Å². The molecule has 0 saturated carbocycles. The topological polar surface area (TPSA) is 41.1 Å². The van der Waals surface area contributed by atoms with Crippen molar-refractivity contribution in [3.63, 3.8) is 0 Å². The van der Waals surface area contributed by atoms with Crippen molar-refractivity contribution in [2.24, 2.45) is 0 Å². The number of nitrogens with one attached hydrogen (secondary N) is 2. The SMILES string of the molecule is O=C(CNCc1cc(Br)cs1)Nc1ccc(F)cc1. The Bertz CT molecular complexity index is 556. The lowest BCUT2D eigenvalue weighted by Gasteiger charge is -2.05. The lowest BCUT2D eigenvalue weighted by molar-refractivity contribution is -0.115. The van der Waals surface area contributed by atoms with E-state index in [0.717, 1.165) is 9.35 Å². The van der Waals surface area contributed by atoms with Gasteiger partial charge in [0.15, 0.2) is 0 Å². The molecule has 0 saturated heterocycles. The van der Waals surface area contributed by atoms with E-state index in [0.29, 0.717) is 12.2 Å². The van der Waals surface area contributed by atoms with Gasteiger partial charge in [0.25, 0.3) is 0 Å².